The number of pyridine rings is 2. The van der Waals surface area contributed by atoms with Crippen molar-refractivity contribution in [2.75, 3.05) is 5.32 Å². The molecule has 0 atom stereocenters. The third-order valence-corrected chi connectivity index (χ3v) is 4.64. The quantitative estimate of drug-likeness (QED) is 0.581. The molecule has 3 aromatic heterocycles. The number of hydrogen-bond acceptors (Lipinski definition) is 4. The lowest BCUT2D eigenvalue weighted by atomic mass is 10.2. The first-order chi connectivity index (χ1) is 13.1. The highest BCUT2D eigenvalue weighted by molar-refractivity contribution is 6.38. The zero-order chi connectivity index (χ0) is 18.8. The second-order valence-electron chi connectivity index (χ2n) is 6.20. The van der Waals surface area contributed by atoms with Crippen LogP contribution in [0.25, 0.3) is 11.0 Å². The summed E-state index contributed by atoms with van der Waals surface area (Å²) < 4.78 is 1.75. The molecule has 0 aliphatic rings. The topological polar surface area (TPSA) is 72.7 Å². The molecule has 0 radical (unpaired) electrons. The number of benzene rings is 1. The van der Waals surface area contributed by atoms with Gasteiger partial charge in [-0.15, -0.1) is 0 Å². The minimum atomic E-state index is -0.305. The number of fused-ring (bicyclic) bond motifs is 1. The van der Waals surface area contributed by atoms with Crippen molar-refractivity contribution in [2.24, 2.45) is 0 Å². The maximum Gasteiger partial charge on any atom is 0.258 e. The van der Waals surface area contributed by atoms with Crippen LogP contribution in [-0.4, -0.2) is 25.7 Å². The van der Waals surface area contributed by atoms with Crippen molar-refractivity contribution in [3.8, 4) is 0 Å². The molecule has 0 saturated carbocycles. The first-order valence-electron chi connectivity index (χ1n) is 8.39. The van der Waals surface area contributed by atoms with Crippen molar-refractivity contribution < 1.29 is 4.79 Å². The van der Waals surface area contributed by atoms with Gasteiger partial charge in [0.2, 0.25) is 0 Å². The fourth-order valence-corrected chi connectivity index (χ4v) is 3.04. The Morgan fingerprint density at radius 2 is 1.85 bits per heavy atom. The molecule has 6 nitrogen and oxygen atoms in total. The van der Waals surface area contributed by atoms with Crippen LogP contribution in [-0.2, 0) is 6.54 Å². The first-order valence-corrected chi connectivity index (χ1v) is 8.76. The molecule has 0 fully saturated rings. The second kappa shape index (κ2) is 7.17. The van der Waals surface area contributed by atoms with Crippen molar-refractivity contribution in [1.82, 2.24) is 19.7 Å². The maximum absolute atomic E-state index is 12.6. The number of carbonyl (C=O) groups is 1. The number of anilines is 1. The van der Waals surface area contributed by atoms with E-state index in [4.69, 9.17) is 11.6 Å². The molecule has 0 aliphatic heterocycles. The summed E-state index contributed by atoms with van der Waals surface area (Å²) in [6.07, 6.45) is 6.58. The minimum Gasteiger partial charge on any atom is -0.322 e. The zero-order valence-electron chi connectivity index (χ0n) is 14.6. The van der Waals surface area contributed by atoms with Crippen molar-refractivity contribution in [3.05, 3.63) is 82.9 Å². The SMILES string of the molecule is Cc1ccc(NC(=O)c2cnc3c(cnn3Cc3ccncc3)c2Cl)cc1. The van der Waals surface area contributed by atoms with E-state index in [1.807, 2.05) is 43.3 Å². The van der Waals surface area contributed by atoms with Gasteiger partial charge in [0.05, 0.1) is 28.7 Å². The van der Waals surface area contributed by atoms with Crippen molar-refractivity contribution in [1.29, 1.82) is 0 Å². The van der Waals surface area contributed by atoms with E-state index in [0.29, 0.717) is 33.9 Å². The lowest BCUT2D eigenvalue weighted by Gasteiger charge is -2.08. The number of halogens is 1. The van der Waals surface area contributed by atoms with Crippen LogP contribution in [0.5, 0.6) is 0 Å². The average molecular weight is 378 g/mol. The molecule has 27 heavy (non-hydrogen) atoms. The Labute approximate surface area is 160 Å². The predicted octanol–water partition coefficient (Wildman–Crippen LogP) is 4.09. The molecular weight excluding hydrogens is 362 g/mol. The number of aromatic nitrogens is 4. The molecule has 4 aromatic rings. The van der Waals surface area contributed by atoms with Gasteiger partial charge in [0.25, 0.3) is 5.91 Å². The Hall–Kier alpha value is -3.25. The van der Waals surface area contributed by atoms with E-state index in [1.54, 1.807) is 23.3 Å². The highest BCUT2D eigenvalue weighted by atomic mass is 35.5. The highest BCUT2D eigenvalue weighted by Gasteiger charge is 2.17. The summed E-state index contributed by atoms with van der Waals surface area (Å²) in [6, 6.07) is 11.4. The van der Waals surface area contributed by atoms with E-state index >= 15 is 0 Å². The van der Waals surface area contributed by atoms with Crippen LogP contribution < -0.4 is 5.32 Å². The summed E-state index contributed by atoms with van der Waals surface area (Å²) in [5.74, 6) is -0.305. The molecular formula is C20H16ClN5O. The number of hydrogen-bond donors (Lipinski definition) is 1. The molecule has 0 unspecified atom stereocenters. The van der Waals surface area contributed by atoms with E-state index in [2.05, 4.69) is 20.4 Å². The predicted molar refractivity (Wildman–Crippen MR) is 105 cm³/mol. The molecule has 1 N–H and O–H groups in total. The van der Waals surface area contributed by atoms with Crippen LogP contribution >= 0.6 is 11.6 Å². The van der Waals surface area contributed by atoms with Gasteiger partial charge in [0.1, 0.15) is 0 Å². The Morgan fingerprint density at radius 1 is 1.11 bits per heavy atom. The summed E-state index contributed by atoms with van der Waals surface area (Å²) in [4.78, 5) is 21.0. The van der Waals surface area contributed by atoms with Crippen molar-refractivity contribution in [2.45, 2.75) is 13.5 Å². The third-order valence-electron chi connectivity index (χ3n) is 4.24. The third kappa shape index (κ3) is 3.52. The molecule has 0 saturated heterocycles. The lowest BCUT2D eigenvalue weighted by Crippen LogP contribution is -2.13. The molecule has 4 rings (SSSR count). The van der Waals surface area contributed by atoms with Gasteiger partial charge in [-0.05, 0) is 36.8 Å². The summed E-state index contributed by atoms with van der Waals surface area (Å²) in [5, 5.41) is 8.18. The Bertz CT molecular complexity index is 1110. The van der Waals surface area contributed by atoms with Gasteiger partial charge < -0.3 is 5.32 Å². The van der Waals surface area contributed by atoms with Gasteiger partial charge in [-0.1, -0.05) is 29.3 Å². The van der Waals surface area contributed by atoms with Crippen LogP contribution in [0.4, 0.5) is 5.69 Å². The summed E-state index contributed by atoms with van der Waals surface area (Å²) in [7, 11) is 0. The molecule has 7 heteroatoms. The second-order valence-corrected chi connectivity index (χ2v) is 6.58. The molecule has 0 spiro atoms. The Morgan fingerprint density at radius 3 is 2.59 bits per heavy atom. The first kappa shape index (κ1) is 17.2. The van der Waals surface area contributed by atoms with Gasteiger partial charge in [0, 0.05) is 24.3 Å². The summed E-state index contributed by atoms with van der Waals surface area (Å²) in [5.41, 5.74) is 3.82. The Kier molecular flexibility index (Phi) is 4.56. The van der Waals surface area contributed by atoms with E-state index in [1.165, 1.54) is 6.20 Å². The minimum absolute atomic E-state index is 0.305. The van der Waals surface area contributed by atoms with Crippen LogP contribution in [0.15, 0.2) is 61.2 Å². The molecule has 3 heterocycles. The van der Waals surface area contributed by atoms with Crippen molar-refractivity contribution >= 4 is 34.2 Å². The van der Waals surface area contributed by atoms with E-state index in [0.717, 1.165) is 11.1 Å². The molecule has 0 aliphatic carbocycles. The molecule has 0 bridgehead atoms. The van der Waals surface area contributed by atoms with Crippen LogP contribution in [0.3, 0.4) is 0 Å². The number of rotatable bonds is 4. The smallest absolute Gasteiger partial charge is 0.258 e. The largest absolute Gasteiger partial charge is 0.322 e. The molecule has 1 aromatic carbocycles. The Balaban J connectivity index is 1.62. The van der Waals surface area contributed by atoms with Crippen molar-refractivity contribution in [3.63, 3.8) is 0 Å². The lowest BCUT2D eigenvalue weighted by molar-refractivity contribution is 0.102. The van der Waals surface area contributed by atoms with Crippen LogP contribution in [0.1, 0.15) is 21.5 Å². The molecule has 134 valence electrons. The van der Waals surface area contributed by atoms with Crippen LogP contribution in [0.2, 0.25) is 5.02 Å². The highest BCUT2D eigenvalue weighted by Crippen LogP contribution is 2.26. The summed E-state index contributed by atoms with van der Waals surface area (Å²) >= 11 is 6.48. The normalized spacial score (nSPS) is 10.9. The molecule has 1 amide bonds. The van der Waals surface area contributed by atoms with Gasteiger partial charge in [0.15, 0.2) is 5.65 Å². The number of nitrogens with zero attached hydrogens (tertiary/aromatic N) is 4. The average Bonchev–Trinajstić information content (AvgIpc) is 3.08. The van der Waals surface area contributed by atoms with Gasteiger partial charge in [-0.3, -0.25) is 9.78 Å². The monoisotopic (exact) mass is 377 g/mol. The number of carbonyl (C=O) groups excluding carboxylic acids is 1. The van der Waals surface area contributed by atoms with Gasteiger partial charge in [-0.2, -0.15) is 5.10 Å². The maximum atomic E-state index is 12.6. The number of nitrogens with one attached hydrogen (secondary N) is 1. The van der Waals surface area contributed by atoms with E-state index < -0.39 is 0 Å². The number of amides is 1. The number of aryl methyl sites for hydroxylation is 1. The van der Waals surface area contributed by atoms with Gasteiger partial charge >= 0.3 is 0 Å². The van der Waals surface area contributed by atoms with E-state index in [-0.39, 0.29) is 5.91 Å². The van der Waals surface area contributed by atoms with Gasteiger partial charge in [-0.25, -0.2) is 9.67 Å². The summed E-state index contributed by atoms with van der Waals surface area (Å²) in [6.45, 7) is 2.54. The van der Waals surface area contributed by atoms with E-state index in [9.17, 15) is 4.79 Å². The standard InChI is InChI=1S/C20H16ClN5O/c1-13-2-4-15(5-3-13)25-20(27)17-10-23-19-16(18(17)21)11-24-26(19)12-14-6-8-22-9-7-14/h2-11H,12H2,1H3,(H,25,27). The van der Waals surface area contributed by atoms with Crippen LogP contribution in [0, 0.1) is 6.92 Å². The zero-order valence-corrected chi connectivity index (χ0v) is 15.3. The fraction of sp³-hybridized carbons (Fsp3) is 0.100. The fourth-order valence-electron chi connectivity index (χ4n) is 2.77.